The molecule has 0 saturated heterocycles. The predicted octanol–water partition coefficient (Wildman–Crippen LogP) is 5.16. The summed E-state index contributed by atoms with van der Waals surface area (Å²) in [6.45, 7) is 3.08. The summed E-state index contributed by atoms with van der Waals surface area (Å²) in [5.74, 6) is -0.799. The lowest BCUT2D eigenvalue weighted by atomic mass is 9.80. The lowest BCUT2D eigenvalue weighted by Gasteiger charge is -2.45. The molecule has 138 valence electrons. The van der Waals surface area contributed by atoms with Gasteiger partial charge in [0.15, 0.2) is 0 Å². The Hall–Kier alpha value is -2.50. The van der Waals surface area contributed by atoms with Crippen LogP contribution in [-0.4, -0.2) is 18.1 Å². The molecule has 0 aromatic heterocycles. The summed E-state index contributed by atoms with van der Waals surface area (Å²) in [6, 6.07) is 15.3. The van der Waals surface area contributed by atoms with Gasteiger partial charge in [0.2, 0.25) is 5.91 Å². The molecule has 0 fully saturated rings. The van der Waals surface area contributed by atoms with E-state index in [9.17, 15) is 18.0 Å². The number of rotatable bonds is 3. The van der Waals surface area contributed by atoms with E-state index in [1.807, 2.05) is 42.5 Å². The van der Waals surface area contributed by atoms with Gasteiger partial charge in [-0.3, -0.25) is 4.79 Å². The second-order valence-electron chi connectivity index (χ2n) is 6.68. The maximum Gasteiger partial charge on any atom is 0.391 e. The van der Waals surface area contributed by atoms with E-state index in [1.165, 1.54) is 11.8 Å². The largest absolute Gasteiger partial charge is 0.391 e. The van der Waals surface area contributed by atoms with Crippen molar-refractivity contribution in [3.05, 3.63) is 60.2 Å². The number of benzene rings is 2. The van der Waals surface area contributed by atoms with Gasteiger partial charge in [-0.25, -0.2) is 0 Å². The molecule has 0 radical (unpaired) electrons. The maximum atomic E-state index is 13.2. The van der Waals surface area contributed by atoms with E-state index in [2.05, 4.69) is 5.32 Å². The zero-order chi connectivity index (χ0) is 18.9. The number of nitrogens with one attached hydrogen (secondary N) is 1. The van der Waals surface area contributed by atoms with Gasteiger partial charge in [-0.2, -0.15) is 13.2 Å². The number of fused-ring (bicyclic) bond motifs is 1. The first-order chi connectivity index (χ1) is 12.3. The minimum absolute atomic E-state index is 0.323. The van der Waals surface area contributed by atoms with Gasteiger partial charge in [0.25, 0.3) is 0 Å². The van der Waals surface area contributed by atoms with Crippen LogP contribution in [0.3, 0.4) is 0 Å². The summed E-state index contributed by atoms with van der Waals surface area (Å²) >= 11 is 0. The maximum absolute atomic E-state index is 13.2. The fraction of sp³-hybridized carbons (Fsp3) is 0.350. The number of para-hydroxylation sites is 2. The van der Waals surface area contributed by atoms with Gasteiger partial charge in [0, 0.05) is 24.2 Å². The molecule has 2 unspecified atom stereocenters. The molecular formula is C20H21F3N2O. The smallest absolute Gasteiger partial charge is 0.378 e. The highest BCUT2D eigenvalue weighted by Crippen LogP contribution is 2.45. The molecule has 1 N–H and O–H groups in total. The van der Waals surface area contributed by atoms with E-state index < -0.39 is 24.6 Å². The molecule has 0 aliphatic carbocycles. The fourth-order valence-electron chi connectivity index (χ4n) is 3.73. The summed E-state index contributed by atoms with van der Waals surface area (Å²) < 4.78 is 39.7. The van der Waals surface area contributed by atoms with Crippen LogP contribution in [0.4, 0.5) is 24.5 Å². The van der Waals surface area contributed by atoms with Crippen molar-refractivity contribution in [2.75, 3.05) is 10.2 Å². The third kappa shape index (κ3) is 3.69. The summed E-state index contributed by atoms with van der Waals surface area (Å²) in [7, 11) is 0. The van der Waals surface area contributed by atoms with Crippen LogP contribution in [0, 0.1) is 5.92 Å². The highest BCUT2D eigenvalue weighted by Gasteiger charge is 2.45. The summed E-state index contributed by atoms with van der Waals surface area (Å²) in [5, 5.41) is 3.36. The van der Waals surface area contributed by atoms with Crippen molar-refractivity contribution in [2.24, 2.45) is 5.92 Å². The molecule has 26 heavy (non-hydrogen) atoms. The average molecular weight is 362 g/mol. The number of halogens is 3. The second-order valence-corrected chi connectivity index (χ2v) is 6.68. The van der Waals surface area contributed by atoms with E-state index in [0.717, 1.165) is 11.3 Å². The van der Waals surface area contributed by atoms with Crippen molar-refractivity contribution in [2.45, 2.75) is 38.5 Å². The highest BCUT2D eigenvalue weighted by atomic mass is 19.4. The van der Waals surface area contributed by atoms with Crippen molar-refractivity contribution >= 4 is 17.3 Å². The van der Waals surface area contributed by atoms with Gasteiger partial charge in [-0.15, -0.1) is 0 Å². The molecule has 0 spiro atoms. The van der Waals surface area contributed by atoms with Gasteiger partial charge in [-0.05, 0) is 23.8 Å². The second kappa shape index (κ2) is 7.02. The number of alkyl halides is 3. The summed E-state index contributed by atoms with van der Waals surface area (Å²) in [6.07, 6.45) is -5.38. The molecule has 1 heterocycles. The van der Waals surface area contributed by atoms with Crippen LogP contribution in [0.2, 0.25) is 0 Å². The number of amides is 1. The minimum atomic E-state index is -4.35. The number of anilines is 2. The Morgan fingerprint density at radius 2 is 1.69 bits per heavy atom. The van der Waals surface area contributed by atoms with Crippen molar-refractivity contribution in [3.8, 4) is 0 Å². The van der Waals surface area contributed by atoms with Crippen LogP contribution in [-0.2, 0) is 4.79 Å². The zero-order valence-corrected chi connectivity index (χ0v) is 14.6. The molecule has 1 aliphatic rings. The van der Waals surface area contributed by atoms with Gasteiger partial charge < -0.3 is 10.2 Å². The van der Waals surface area contributed by atoms with Crippen LogP contribution >= 0.6 is 0 Å². The molecule has 1 aliphatic heterocycles. The van der Waals surface area contributed by atoms with Crippen LogP contribution in [0.15, 0.2) is 54.6 Å². The van der Waals surface area contributed by atoms with Crippen LogP contribution in [0.5, 0.6) is 0 Å². The van der Waals surface area contributed by atoms with E-state index in [0.29, 0.717) is 5.69 Å². The zero-order valence-electron chi connectivity index (χ0n) is 14.6. The van der Waals surface area contributed by atoms with Gasteiger partial charge in [0.05, 0.1) is 18.5 Å². The molecule has 0 saturated carbocycles. The van der Waals surface area contributed by atoms with Crippen LogP contribution < -0.4 is 10.2 Å². The molecular weight excluding hydrogens is 341 g/mol. The van der Waals surface area contributed by atoms with Crippen LogP contribution in [0.25, 0.3) is 0 Å². The monoisotopic (exact) mass is 362 g/mol. The van der Waals surface area contributed by atoms with E-state index in [-0.39, 0.29) is 11.9 Å². The lowest BCUT2D eigenvalue weighted by molar-refractivity contribution is -0.143. The molecule has 1 amide bonds. The number of hydrogen-bond donors (Lipinski definition) is 1. The van der Waals surface area contributed by atoms with Crippen LogP contribution in [0.1, 0.15) is 31.9 Å². The molecule has 3 nitrogen and oxygen atoms in total. The number of carbonyl (C=O) groups is 1. The van der Waals surface area contributed by atoms with E-state index in [4.69, 9.17) is 0 Å². The Morgan fingerprint density at radius 3 is 2.31 bits per heavy atom. The number of carbonyl (C=O) groups excluding carboxylic acids is 1. The Bertz CT molecular complexity index is 776. The molecule has 3 atom stereocenters. The van der Waals surface area contributed by atoms with Crippen molar-refractivity contribution in [3.63, 3.8) is 0 Å². The van der Waals surface area contributed by atoms with Crippen molar-refractivity contribution in [1.29, 1.82) is 0 Å². The molecule has 0 bridgehead atoms. The van der Waals surface area contributed by atoms with Crippen molar-refractivity contribution in [1.82, 2.24) is 0 Å². The fourth-order valence-corrected chi connectivity index (χ4v) is 3.73. The molecule has 2 aromatic rings. The third-order valence-electron chi connectivity index (χ3n) is 4.87. The quantitative estimate of drug-likeness (QED) is 0.818. The third-order valence-corrected chi connectivity index (χ3v) is 4.87. The highest BCUT2D eigenvalue weighted by molar-refractivity contribution is 5.94. The Kier molecular flexibility index (Phi) is 4.94. The Labute approximate surface area is 150 Å². The molecule has 6 heteroatoms. The topological polar surface area (TPSA) is 32.3 Å². The SMILES string of the molecule is CC(=O)N1c2ccccc2C(Nc2ccccc2)C(C)[C@@H]1CC(F)(F)F. The molecule has 3 rings (SSSR count). The lowest BCUT2D eigenvalue weighted by Crippen LogP contribution is -2.51. The normalized spacial score (nSPS) is 22.7. The first kappa shape index (κ1) is 18.3. The first-order valence-electron chi connectivity index (χ1n) is 8.55. The summed E-state index contributed by atoms with van der Waals surface area (Å²) in [4.78, 5) is 13.5. The van der Waals surface area contributed by atoms with Gasteiger partial charge in [0.1, 0.15) is 0 Å². The standard InChI is InChI=1S/C20H21F3N2O/c1-13-18(12-20(21,22)23)25(14(2)26)17-11-7-6-10-16(17)19(13)24-15-8-4-3-5-9-15/h3-11,13,18-19,24H,12H2,1-2H3/t13?,18-,19?/m0/s1. The Balaban J connectivity index is 2.06. The average Bonchev–Trinajstić information content (AvgIpc) is 2.58. The van der Waals surface area contributed by atoms with Crippen molar-refractivity contribution < 1.29 is 18.0 Å². The number of hydrogen-bond acceptors (Lipinski definition) is 2. The van der Waals surface area contributed by atoms with E-state index in [1.54, 1.807) is 19.1 Å². The summed E-state index contributed by atoms with van der Waals surface area (Å²) in [5.41, 5.74) is 2.21. The van der Waals surface area contributed by atoms with E-state index >= 15 is 0 Å². The number of nitrogens with zero attached hydrogens (tertiary/aromatic N) is 1. The minimum Gasteiger partial charge on any atom is -0.378 e. The van der Waals surface area contributed by atoms with Gasteiger partial charge >= 0.3 is 6.18 Å². The predicted molar refractivity (Wildman–Crippen MR) is 96.0 cm³/mol. The van der Waals surface area contributed by atoms with Gasteiger partial charge in [-0.1, -0.05) is 43.3 Å². The Morgan fingerprint density at radius 1 is 1.08 bits per heavy atom. The molecule has 2 aromatic carbocycles. The first-order valence-corrected chi connectivity index (χ1v) is 8.55.